The Bertz CT molecular complexity index is 392. The maximum atomic E-state index is 11.2. The third kappa shape index (κ3) is 1.81. The van der Waals surface area contributed by atoms with Crippen LogP contribution in [0.1, 0.15) is 17.2 Å². The maximum absolute atomic E-state index is 11.2. The van der Waals surface area contributed by atoms with Gasteiger partial charge in [-0.25, -0.2) is 0 Å². The van der Waals surface area contributed by atoms with Gasteiger partial charge < -0.3 is 14.6 Å². The van der Waals surface area contributed by atoms with Gasteiger partial charge in [-0.05, 0) is 18.6 Å². The van der Waals surface area contributed by atoms with Crippen molar-refractivity contribution in [3.05, 3.63) is 29.3 Å². The summed E-state index contributed by atoms with van der Waals surface area (Å²) in [7, 11) is 0. The third-order valence-electron chi connectivity index (χ3n) is 2.88. The van der Waals surface area contributed by atoms with Gasteiger partial charge >= 0.3 is 0 Å². The summed E-state index contributed by atoms with van der Waals surface area (Å²) in [6.45, 7) is 2.77. The van der Waals surface area contributed by atoms with Crippen molar-refractivity contribution >= 4 is 6.29 Å². The zero-order chi connectivity index (χ0) is 11.5. The highest BCUT2D eigenvalue weighted by Crippen LogP contribution is 2.34. The molecule has 0 aliphatic carbocycles. The van der Waals surface area contributed by atoms with E-state index in [4.69, 9.17) is 9.84 Å². The minimum Gasteiger partial charge on any atom is -0.478 e. The summed E-state index contributed by atoms with van der Waals surface area (Å²) in [6.07, 6.45) is 0.907. The summed E-state index contributed by atoms with van der Waals surface area (Å²) >= 11 is 0. The van der Waals surface area contributed by atoms with Crippen molar-refractivity contribution in [2.24, 2.45) is 0 Å². The highest BCUT2D eigenvalue weighted by Gasteiger charge is 2.28. The molecule has 4 nitrogen and oxygen atoms in total. The topological polar surface area (TPSA) is 49.8 Å². The van der Waals surface area contributed by atoms with E-state index in [-0.39, 0.29) is 12.6 Å². The van der Waals surface area contributed by atoms with Gasteiger partial charge in [-0.2, -0.15) is 0 Å². The minimum atomic E-state index is -0.308. The number of aryl methyl sites for hydroxylation is 1. The molecule has 0 spiro atoms. The Morgan fingerprint density at radius 3 is 3.12 bits per heavy atom. The summed E-state index contributed by atoms with van der Waals surface area (Å²) in [5, 5.41) is 8.94. The molecule has 1 aliphatic heterocycles. The molecule has 0 radical (unpaired) electrons. The van der Waals surface area contributed by atoms with E-state index >= 15 is 0 Å². The predicted molar refractivity (Wildman–Crippen MR) is 59.3 cm³/mol. The van der Waals surface area contributed by atoms with Gasteiger partial charge in [-0.15, -0.1) is 0 Å². The Morgan fingerprint density at radius 2 is 2.44 bits per heavy atom. The second-order valence-corrected chi connectivity index (χ2v) is 3.88. The number of ether oxygens (including phenoxy) is 1. The van der Waals surface area contributed by atoms with Gasteiger partial charge in [0, 0.05) is 12.1 Å². The number of aldehydes is 1. The first-order valence-electron chi connectivity index (χ1n) is 5.30. The number of benzene rings is 1. The first-order chi connectivity index (χ1) is 7.77. The Kier molecular flexibility index (Phi) is 3.22. The summed E-state index contributed by atoms with van der Waals surface area (Å²) in [6, 6.07) is 5.44. The number of aliphatic hydroxyl groups excluding tert-OH is 1. The molecule has 1 heterocycles. The van der Waals surface area contributed by atoms with E-state index in [1.165, 1.54) is 0 Å². The molecule has 1 aromatic carbocycles. The molecule has 86 valence electrons. The molecule has 0 saturated carbocycles. The van der Waals surface area contributed by atoms with Crippen molar-refractivity contribution in [2.75, 3.05) is 19.9 Å². The fourth-order valence-corrected chi connectivity index (χ4v) is 2.06. The van der Waals surface area contributed by atoms with Crippen molar-refractivity contribution in [1.82, 2.24) is 4.90 Å². The number of carbonyl (C=O) groups is 1. The second-order valence-electron chi connectivity index (χ2n) is 3.88. The van der Waals surface area contributed by atoms with Gasteiger partial charge in [-0.3, -0.25) is 4.90 Å². The number of β-amino-alcohol motifs (C(OH)–C–C–N with tert-alkyl or cyclic N) is 1. The minimum absolute atomic E-state index is 0.0227. The molecule has 2 rings (SSSR count). The third-order valence-corrected chi connectivity index (χ3v) is 2.88. The molecule has 1 unspecified atom stereocenters. The van der Waals surface area contributed by atoms with Crippen LogP contribution in [0.5, 0.6) is 5.75 Å². The van der Waals surface area contributed by atoms with Crippen molar-refractivity contribution in [3.8, 4) is 5.75 Å². The summed E-state index contributed by atoms with van der Waals surface area (Å²) in [4.78, 5) is 13.0. The van der Waals surface area contributed by atoms with E-state index in [9.17, 15) is 4.79 Å². The lowest BCUT2D eigenvalue weighted by Gasteiger charge is -2.34. The molecule has 4 heteroatoms. The van der Waals surface area contributed by atoms with Gasteiger partial charge in [0.2, 0.25) is 0 Å². The van der Waals surface area contributed by atoms with E-state index < -0.39 is 0 Å². The van der Waals surface area contributed by atoms with Crippen LogP contribution in [-0.2, 0) is 4.79 Å². The molecule has 1 atom stereocenters. The Hall–Kier alpha value is -1.39. The summed E-state index contributed by atoms with van der Waals surface area (Å²) < 4.78 is 5.56. The van der Waals surface area contributed by atoms with Crippen LogP contribution >= 0.6 is 0 Å². The first-order valence-corrected chi connectivity index (χ1v) is 5.30. The van der Waals surface area contributed by atoms with Crippen molar-refractivity contribution in [1.29, 1.82) is 0 Å². The fourth-order valence-electron chi connectivity index (χ4n) is 2.06. The smallest absolute Gasteiger partial charge is 0.143 e. The quantitative estimate of drug-likeness (QED) is 0.770. The zero-order valence-electron chi connectivity index (χ0n) is 9.22. The standard InChI is InChI=1S/C12H15NO3/c1-9-3-2-4-11-12(9)10(7-15)13(5-6-14)8-16-11/h2-4,7,10,14H,5-6,8H2,1H3. The number of rotatable bonds is 3. The Balaban J connectivity index is 2.39. The molecule has 0 aromatic heterocycles. The first kappa shape index (κ1) is 11.1. The number of hydrogen-bond acceptors (Lipinski definition) is 4. The normalized spacial score (nSPS) is 20.0. The van der Waals surface area contributed by atoms with E-state index in [1.807, 2.05) is 30.0 Å². The fraction of sp³-hybridized carbons (Fsp3) is 0.417. The van der Waals surface area contributed by atoms with Gasteiger partial charge in [0.05, 0.1) is 12.6 Å². The number of nitrogens with zero attached hydrogens (tertiary/aromatic N) is 1. The van der Waals surface area contributed by atoms with E-state index in [2.05, 4.69) is 0 Å². The molecule has 1 N–H and O–H groups in total. The molecular formula is C12H15NO3. The zero-order valence-corrected chi connectivity index (χ0v) is 9.22. The predicted octanol–water partition coefficient (Wildman–Crippen LogP) is 0.879. The second kappa shape index (κ2) is 4.63. The average Bonchev–Trinajstić information content (AvgIpc) is 2.30. The van der Waals surface area contributed by atoms with Crippen LogP contribution < -0.4 is 4.74 Å². The largest absolute Gasteiger partial charge is 0.478 e. The molecule has 0 fully saturated rings. The van der Waals surface area contributed by atoms with Crippen molar-refractivity contribution < 1.29 is 14.6 Å². The van der Waals surface area contributed by atoms with Gasteiger partial charge in [-0.1, -0.05) is 12.1 Å². The van der Waals surface area contributed by atoms with Gasteiger partial charge in [0.1, 0.15) is 18.8 Å². The Morgan fingerprint density at radius 1 is 1.62 bits per heavy atom. The number of aliphatic hydroxyl groups is 1. The van der Waals surface area contributed by atoms with E-state index in [0.717, 1.165) is 23.2 Å². The molecule has 0 amide bonds. The van der Waals surface area contributed by atoms with Crippen LogP contribution in [0, 0.1) is 6.92 Å². The van der Waals surface area contributed by atoms with Crippen LogP contribution in [-0.4, -0.2) is 36.2 Å². The maximum Gasteiger partial charge on any atom is 0.143 e. The molecule has 1 aromatic rings. The lowest BCUT2D eigenvalue weighted by Crippen LogP contribution is -2.39. The van der Waals surface area contributed by atoms with E-state index in [1.54, 1.807) is 0 Å². The van der Waals surface area contributed by atoms with Crippen LogP contribution in [0.15, 0.2) is 18.2 Å². The molecule has 1 aliphatic rings. The van der Waals surface area contributed by atoms with Gasteiger partial charge in [0.25, 0.3) is 0 Å². The van der Waals surface area contributed by atoms with Crippen molar-refractivity contribution in [3.63, 3.8) is 0 Å². The highest BCUT2D eigenvalue weighted by molar-refractivity contribution is 5.66. The van der Waals surface area contributed by atoms with Crippen LogP contribution in [0.3, 0.4) is 0 Å². The summed E-state index contributed by atoms with van der Waals surface area (Å²) in [5.41, 5.74) is 1.95. The average molecular weight is 221 g/mol. The highest BCUT2D eigenvalue weighted by atomic mass is 16.5. The van der Waals surface area contributed by atoms with Crippen LogP contribution in [0.4, 0.5) is 0 Å². The van der Waals surface area contributed by atoms with Crippen molar-refractivity contribution in [2.45, 2.75) is 13.0 Å². The lowest BCUT2D eigenvalue weighted by molar-refractivity contribution is -0.115. The van der Waals surface area contributed by atoms with Gasteiger partial charge in [0.15, 0.2) is 0 Å². The monoisotopic (exact) mass is 221 g/mol. The SMILES string of the molecule is Cc1cccc2c1C(C=O)N(CCO)CO2. The summed E-state index contributed by atoms with van der Waals surface area (Å²) in [5.74, 6) is 0.770. The molecular weight excluding hydrogens is 206 g/mol. The molecule has 16 heavy (non-hydrogen) atoms. The van der Waals surface area contributed by atoms with Crippen LogP contribution in [0.25, 0.3) is 0 Å². The molecule has 0 saturated heterocycles. The number of carbonyl (C=O) groups excluding carboxylic acids is 1. The lowest BCUT2D eigenvalue weighted by atomic mass is 9.99. The van der Waals surface area contributed by atoms with Crippen LogP contribution in [0.2, 0.25) is 0 Å². The Labute approximate surface area is 94.4 Å². The van der Waals surface area contributed by atoms with E-state index in [0.29, 0.717) is 13.3 Å². The number of fused-ring (bicyclic) bond motifs is 1. The molecule has 0 bridgehead atoms. The number of hydrogen-bond donors (Lipinski definition) is 1.